The summed E-state index contributed by atoms with van der Waals surface area (Å²) in [5.41, 5.74) is 7.38. The summed E-state index contributed by atoms with van der Waals surface area (Å²) in [6, 6.07) is 10.3. The summed E-state index contributed by atoms with van der Waals surface area (Å²) in [5.74, 6) is -0.356. The number of nitrogen functional groups attached to an aromatic ring is 1. The molecule has 0 atom stereocenters. The van der Waals surface area contributed by atoms with Crippen LogP contribution in [0, 0.1) is 12.7 Å². The summed E-state index contributed by atoms with van der Waals surface area (Å²) in [6.45, 7) is 1.79. The number of hydrogen-bond acceptors (Lipinski definition) is 3. The molecule has 4 nitrogen and oxygen atoms in total. The fourth-order valence-electron chi connectivity index (χ4n) is 1.83. The highest BCUT2D eigenvalue weighted by atomic mass is 32.2. The van der Waals surface area contributed by atoms with Gasteiger partial charge in [-0.15, -0.1) is 0 Å². The molecule has 0 amide bonds. The maximum Gasteiger partial charge on any atom is 0.241 e. The van der Waals surface area contributed by atoms with Gasteiger partial charge in [-0.3, -0.25) is 0 Å². The number of benzene rings is 2. The molecule has 2 aromatic carbocycles. The van der Waals surface area contributed by atoms with Crippen LogP contribution in [0.2, 0.25) is 0 Å². The van der Waals surface area contributed by atoms with Crippen molar-refractivity contribution in [3.63, 3.8) is 0 Å². The number of halogens is 1. The van der Waals surface area contributed by atoms with Gasteiger partial charge in [-0.25, -0.2) is 17.5 Å². The van der Waals surface area contributed by atoms with E-state index in [4.69, 9.17) is 5.73 Å². The monoisotopic (exact) mass is 294 g/mol. The molecule has 0 heterocycles. The number of anilines is 1. The Labute approximate surface area is 117 Å². The average molecular weight is 294 g/mol. The molecular formula is C14H15FN2O2S. The molecule has 0 aliphatic rings. The lowest BCUT2D eigenvalue weighted by molar-refractivity contribution is 0.580. The van der Waals surface area contributed by atoms with E-state index in [2.05, 4.69) is 4.72 Å². The van der Waals surface area contributed by atoms with Gasteiger partial charge < -0.3 is 5.73 Å². The molecule has 0 fully saturated rings. The van der Waals surface area contributed by atoms with E-state index in [1.54, 1.807) is 19.1 Å². The number of rotatable bonds is 4. The van der Waals surface area contributed by atoms with Crippen LogP contribution < -0.4 is 10.5 Å². The molecule has 20 heavy (non-hydrogen) atoms. The topological polar surface area (TPSA) is 72.2 Å². The smallest absolute Gasteiger partial charge is 0.241 e. The fraction of sp³-hybridized carbons (Fsp3) is 0.143. The Hall–Kier alpha value is -1.92. The van der Waals surface area contributed by atoms with Crippen molar-refractivity contribution < 1.29 is 12.8 Å². The molecule has 0 saturated heterocycles. The first kappa shape index (κ1) is 14.5. The van der Waals surface area contributed by atoms with Crippen molar-refractivity contribution in [1.82, 2.24) is 4.72 Å². The highest BCUT2D eigenvalue weighted by molar-refractivity contribution is 7.89. The van der Waals surface area contributed by atoms with Gasteiger partial charge in [0.2, 0.25) is 10.0 Å². The maximum atomic E-state index is 12.8. The molecule has 2 aromatic rings. The Kier molecular flexibility index (Phi) is 4.06. The first-order valence-corrected chi connectivity index (χ1v) is 7.47. The lowest BCUT2D eigenvalue weighted by Gasteiger charge is -2.10. The zero-order valence-corrected chi connectivity index (χ0v) is 11.7. The number of hydrogen-bond donors (Lipinski definition) is 2. The second-order valence-corrected chi connectivity index (χ2v) is 6.21. The third-order valence-electron chi connectivity index (χ3n) is 2.87. The van der Waals surface area contributed by atoms with Crippen LogP contribution in [0.15, 0.2) is 47.4 Å². The predicted molar refractivity (Wildman–Crippen MR) is 76.0 cm³/mol. The second-order valence-electron chi connectivity index (χ2n) is 4.48. The van der Waals surface area contributed by atoms with Gasteiger partial charge in [0.25, 0.3) is 0 Å². The third kappa shape index (κ3) is 3.34. The Balaban J connectivity index is 2.17. The third-order valence-corrected chi connectivity index (χ3v) is 4.43. The van der Waals surface area contributed by atoms with Gasteiger partial charge in [0.05, 0.1) is 4.90 Å². The van der Waals surface area contributed by atoms with Crippen molar-refractivity contribution in [3.05, 3.63) is 59.4 Å². The van der Waals surface area contributed by atoms with Crippen LogP contribution in [0.1, 0.15) is 11.1 Å². The van der Waals surface area contributed by atoms with Crippen LogP contribution in [0.25, 0.3) is 0 Å². The van der Waals surface area contributed by atoms with E-state index in [0.717, 1.165) is 0 Å². The van der Waals surface area contributed by atoms with Gasteiger partial charge in [0.15, 0.2) is 0 Å². The molecule has 2 rings (SSSR count). The molecule has 0 radical (unpaired) electrons. The summed E-state index contributed by atoms with van der Waals surface area (Å²) in [4.78, 5) is 0.189. The van der Waals surface area contributed by atoms with Crippen LogP contribution in [0.5, 0.6) is 0 Å². The van der Waals surface area contributed by atoms with E-state index in [-0.39, 0.29) is 17.3 Å². The van der Waals surface area contributed by atoms with Crippen molar-refractivity contribution in [2.75, 3.05) is 5.73 Å². The molecule has 0 unspecified atom stereocenters. The van der Waals surface area contributed by atoms with Crippen LogP contribution in [-0.4, -0.2) is 8.42 Å². The van der Waals surface area contributed by atoms with Crippen LogP contribution in [-0.2, 0) is 16.6 Å². The Morgan fingerprint density at radius 2 is 1.80 bits per heavy atom. The standard InChI is InChI=1S/C14H15FN2O2S/c1-10-8-13(16)6-7-14(10)20(18,19)17-9-11-2-4-12(15)5-3-11/h2-8,17H,9,16H2,1H3. The molecule has 0 aliphatic heterocycles. The summed E-state index contributed by atoms with van der Waals surface area (Å²) < 4.78 is 39.6. The molecule has 0 bridgehead atoms. The van der Waals surface area contributed by atoms with Crippen molar-refractivity contribution in [1.29, 1.82) is 0 Å². The molecule has 0 spiro atoms. The van der Waals surface area contributed by atoms with Crippen LogP contribution in [0.3, 0.4) is 0 Å². The molecule has 3 N–H and O–H groups in total. The summed E-state index contributed by atoms with van der Waals surface area (Å²) in [6.07, 6.45) is 0. The highest BCUT2D eigenvalue weighted by Crippen LogP contribution is 2.18. The van der Waals surface area contributed by atoms with Gasteiger partial charge in [0, 0.05) is 12.2 Å². The Morgan fingerprint density at radius 1 is 1.15 bits per heavy atom. The van der Waals surface area contributed by atoms with Gasteiger partial charge in [-0.2, -0.15) is 0 Å². The molecule has 0 aliphatic carbocycles. The first-order chi connectivity index (χ1) is 9.38. The minimum absolute atomic E-state index is 0.104. The van der Waals surface area contributed by atoms with E-state index < -0.39 is 10.0 Å². The summed E-state index contributed by atoms with van der Waals surface area (Å²) in [5, 5.41) is 0. The van der Waals surface area contributed by atoms with E-state index in [1.165, 1.54) is 30.3 Å². The molecule has 106 valence electrons. The van der Waals surface area contributed by atoms with Crippen molar-refractivity contribution >= 4 is 15.7 Å². The quantitative estimate of drug-likeness (QED) is 0.849. The number of nitrogens with one attached hydrogen (secondary N) is 1. The minimum Gasteiger partial charge on any atom is -0.399 e. The molecular weight excluding hydrogens is 279 g/mol. The van der Waals surface area contributed by atoms with E-state index >= 15 is 0 Å². The molecule has 6 heteroatoms. The zero-order valence-electron chi connectivity index (χ0n) is 10.9. The number of aryl methyl sites for hydroxylation is 1. The highest BCUT2D eigenvalue weighted by Gasteiger charge is 2.16. The summed E-state index contributed by atoms with van der Waals surface area (Å²) in [7, 11) is -3.62. The lowest BCUT2D eigenvalue weighted by atomic mass is 10.2. The fourth-order valence-corrected chi connectivity index (χ4v) is 3.07. The maximum absolute atomic E-state index is 12.8. The SMILES string of the molecule is Cc1cc(N)ccc1S(=O)(=O)NCc1ccc(F)cc1. The van der Waals surface area contributed by atoms with Crippen molar-refractivity contribution in [2.45, 2.75) is 18.4 Å². The van der Waals surface area contributed by atoms with Gasteiger partial charge >= 0.3 is 0 Å². The first-order valence-electron chi connectivity index (χ1n) is 5.99. The van der Waals surface area contributed by atoms with Crippen molar-refractivity contribution in [2.24, 2.45) is 0 Å². The lowest BCUT2D eigenvalue weighted by Crippen LogP contribution is -2.24. The van der Waals surface area contributed by atoms with E-state index in [1.807, 2.05) is 0 Å². The van der Waals surface area contributed by atoms with Crippen LogP contribution in [0.4, 0.5) is 10.1 Å². The van der Waals surface area contributed by atoms with E-state index in [0.29, 0.717) is 16.8 Å². The number of sulfonamides is 1. The van der Waals surface area contributed by atoms with E-state index in [9.17, 15) is 12.8 Å². The second kappa shape index (κ2) is 5.60. The minimum atomic E-state index is -3.62. The molecule has 0 aromatic heterocycles. The number of nitrogens with two attached hydrogens (primary N) is 1. The Bertz CT molecular complexity index is 712. The van der Waals surface area contributed by atoms with Gasteiger partial charge in [-0.05, 0) is 48.4 Å². The Morgan fingerprint density at radius 3 is 2.40 bits per heavy atom. The zero-order chi connectivity index (χ0) is 14.8. The van der Waals surface area contributed by atoms with Crippen molar-refractivity contribution in [3.8, 4) is 0 Å². The van der Waals surface area contributed by atoms with Crippen LogP contribution >= 0.6 is 0 Å². The van der Waals surface area contributed by atoms with Gasteiger partial charge in [0.1, 0.15) is 5.82 Å². The normalized spacial score (nSPS) is 11.5. The predicted octanol–water partition coefficient (Wildman–Crippen LogP) is 2.19. The largest absolute Gasteiger partial charge is 0.399 e. The summed E-state index contributed by atoms with van der Waals surface area (Å²) >= 11 is 0. The molecule has 0 saturated carbocycles. The van der Waals surface area contributed by atoms with Gasteiger partial charge in [-0.1, -0.05) is 12.1 Å². The average Bonchev–Trinajstić information content (AvgIpc) is 2.37.